The van der Waals surface area contributed by atoms with Crippen LogP contribution in [0.1, 0.15) is 26.7 Å². The molecule has 21 heavy (non-hydrogen) atoms. The molecule has 0 aliphatic heterocycles. The molecule has 1 aliphatic carbocycles. The molecule has 2 rings (SSSR count). The normalized spacial score (nSPS) is 22.0. The fourth-order valence-electron chi connectivity index (χ4n) is 2.50. The number of hydrogen-bond acceptors (Lipinski definition) is 3. The van der Waals surface area contributed by atoms with E-state index in [1.165, 1.54) is 0 Å². The number of carbonyl (C=O) groups excluding carboxylic acids is 1. The number of halogens is 1. The van der Waals surface area contributed by atoms with Gasteiger partial charge in [0.1, 0.15) is 5.82 Å². The Morgan fingerprint density at radius 1 is 1.24 bits per heavy atom. The molecule has 1 aromatic heterocycles. The number of aliphatic carboxylic acids is 1. The molecule has 2 N–H and O–H groups in total. The lowest BCUT2D eigenvalue weighted by Crippen LogP contribution is -2.36. The van der Waals surface area contributed by atoms with Crippen LogP contribution in [-0.2, 0) is 9.59 Å². The minimum atomic E-state index is -0.925. The second-order valence-corrected chi connectivity index (χ2v) is 6.29. The lowest BCUT2D eigenvalue weighted by molar-refractivity contribution is -0.146. The van der Waals surface area contributed by atoms with Crippen LogP contribution in [-0.4, -0.2) is 22.0 Å². The Morgan fingerprint density at radius 2 is 1.86 bits per heavy atom. The van der Waals surface area contributed by atoms with Crippen LogP contribution in [0.15, 0.2) is 33.9 Å². The Labute approximate surface area is 131 Å². The van der Waals surface area contributed by atoms with Crippen molar-refractivity contribution in [2.24, 2.45) is 11.8 Å². The molecular formula is C15H17BrN2O3. The highest BCUT2D eigenvalue weighted by Gasteiger charge is 2.37. The first kappa shape index (κ1) is 15.7. The number of carbonyl (C=O) groups is 2. The highest BCUT2D eigenvalue weighted by molar-refractivity contribution is 9.10. The van der Waals surface area contributed by atoms with Crippen LogP contribution < -0.4 is 5.32 Å². The summed E-state index contributed by atoms with van der Waals surface area (Å²) in [6.07, 6.45) is 2.48. The molecule has 0 bridgehead atoms. The lowest BCUT2D eigenvalue weighted by Gasteiger charge is -2.29. The number of rotatable bonds is 3. The molecule has 2 atom stereocenters. The third kappa shape index (κ3) is 3.69. The number of nitrogens with zero attached hydrogens (tertiary/aromatic N) is 1. The predicted molar refractivity (Wildman–Crippen MR) is 82.8 cm³/mol. The molecule has 1 amide bonds. The zero-order valence-electron chi connectivity index (χ0n) is 11.9. The summed E-state index contributed by atoms with van der Waals surface area (Å²) in [7, 11) is 0. The van der Waals surface area contributed by atoms with Gasteiger partial charge in [0.2, 0.25) is 5.91 Å². The average molecular weight is 353 g/mol. The van der Waals surface area contributed by atoms with E-state index < -0.39 is 17.8 Å². The van der Waals surface area contributed by atoms with Gasteiger partial charge in [-0.05, 0) is 54.8 Å². The van der Waals surface area contributed by atoms with Gasteiger partial charge in [0.15, 0.2) is 0 Å². The predicted octanol–water partition coefficient (Wildman–Crippen LogP) is 3.23. The molecule has 1 aliphatic rings. The molecule has 6 heteroatoms. The number of amides is 1. The molecule has 0 spiro atoms. The van der Waals surface area contributed by atoms with E-state index in [1.807, 2.05) is 13.8 Å². The average Bonchev–Trinajstić information content (AvgIpc) is 2.43. The quantitative estimate of drug-likeness (QED) is 0.818. The summed E-state index contributed by atoms with van der Waals surface area (Å²) in [5.41, 5.74) is 2.16. The van der Waals surface area contributed by atoms with Crippen LogP contribution in [0.5, 0.6) is 0 Å². The van der Waals surface area contributed by atoms with Crippen molar-refractivity contribution >= 4 is 33.6 Å². The highest BCUT2D eigenvalue weighted by Crippen LogP contribution is 2.34. The van der Waals surface area contributed by atoms with Gasteiger partial charge in [-0.1, -0.05) is 11.1 Å². The van der Waals surface area contributed by atoms with Gasteiger partial charge in [-0.15, -0.1) is 0 Å². The fourth-order valence-corrected chi connectivity index (χ4v) is 2.73. The monoisotopic (exact) mass is 352 g/mol. The van der Waals surface area contributed by atoms with E-state index in [0.29, 0.717) is 18.7 Å². The number of anilines is 1. The van der Waals surface area contributed by atoms with Gasteiger partial charge in [-0.3, -0.25) is 9.59 Å². The number of pyridine rings is 1. The van der Waals surface area contributed by atoms with Crippen LogP contribution in [0, 0.1) is 11.8 Å². The molecule has 5 nitrogen and oxygen atoms in total. The number of hydrogen-bond donors (Lipinski definition) is 2. The van der Waals surface area contributed by atoms with E-state index in [2.05, 4.69) is 26.2 Å². The summed E-state index contributed by atoms with van der Waals surface area (Å²) in [6.45, 7) is 3.88. The maximum Gasteiger partial charge on any atom is 0.307 e. The van der Waals surface area contributed by atoms with Crippen molar-refractivity contribution in [1.29, 1.82) is 0 Å². The van der Waals surface area contributed by atoms with E-state index in [9.17, 15) is 14.7 Å². The Balaban J connectivity index is 2.16. The van der Waals surface area contributed by atoms with Crippen LogP contribution in [0.4, 0.5) is 5.82 Å². The van der Waals surface area contributed by atoms with E-state index in [1.54, 1.807) is 18.3 Å². The zero-order chi connectivity index (χ0) is 15.6. The summed E-state index contributed by atoms with van der Waals surface area (Å²) < 4.78 is 0.816. The number of nitrogens with one attached hydrogen (secondary N) is 1. The van der Waals surface area contributed by atoms with Gasteiger partial charge in [-0.25, -0.2) is 4.98 Å². The molecule has 0 radical (unpaired) electrons. The Kier molecular flexibility index (Phi) is 4.77. The van der Waals surface area contributed by atoms with Crippen molar-refractivity contribution in [2.75, 3.05) is 5.32 Å². The number of allylic oxidation sites excluding steroid dienone is 2. The summed E-state index contributed by atoms with van der Waals surface area (Å²) in [4.78, 5) is 27.8. The van der Waals surface area contributed by atoms with Gasteiger partial charge in [0, 0.05) is 10.7 Å². The van der Waals surface area contributed by atoms with Crippen LogP contribution >= 0.6 is 15.9 Å². The SMILES string of the molecule is CC1=C(C)C[C@H](C(=O)Nc2ccc(Br)cn2)[C@@H](C(=O)O)C1. The number of carboxylic acid groups (broad SMARTS) is 1. The number of aromatic nitrogens is 1. The van der Waals surface area contributed by atoms with Crippen molar-refractivity contribution in [1.82, 2.24) is 4.98 Å². The first-order chi connectivity index (χ1) is 9.88. The van der Waals surface area contributed by atoms with Gasteiger partial charge in [-0.2, -0.15) is 0 Å². The zero-order valence-corrected chi connectivity index (χ0v) is 13.5. The molecule has 112 valence electrons. The van der Waals surface area contributed by atoms with Gasteiger partial charge in [0.05, 0.1) is 11.8 Å². The molecule has 0 saturated heterocycles. The van der Waals surface area contributed by atoms with Crippen molar-refractivity contribution < 1.29 is 14.7 Å². The van der Waals surface area contributed by atoms with Crippen molar-refractivity contribution in [3.63, 3.8) is 0 Å². The maximum atomic E-state index is 12.4. The fraction of sp³-hybridized carbons (Fsp3) is 0.400. The molecular weight excluding hydrogens is 336 g/mol. The first-order valence-electron chi connectivity index (χ1n) is 6.69. The molecule has 1 aromatic rings. The maximum absolute atomic E-state index is 12.4. The Morgan fingerprint density at radius 3 is 2.38 bits per heavy atom. The van der Waals surface area contributed by atoms with Crippen molar-refractivity contribution in [3.8, 4) is 0 Å². The highest BCUT2D eigenvalue weighted by atomic mass is 79.9. The Bertz CT molecular complexity index is 595. The first-order valence-corrected chi connectivity index (χ1v) is 7.48. The minimum absolute atomic E-state index is 0.288. The van der Waals surface area contributed by atoms with Crippen LogP contribution in [0.25, 0.3) is 0 Å². The lowest BCUT2D eigenvalue weighted by atomic mass is 9.76. The molecule has 0 aromatic carbocycles. The smallest absolute Gasteiger partial charge is 0.307 e. The second kappa shape index (κ2) is 6.39. The van der Waals surface area contributed by atoms with E-state index in [4.69, 9.17) is 0 Å². The van der Waals surface area contributed by atoms with Gasteiger partial charge >= 0.3 is 5.97 Å². The summed E-state index contributed by atoms with van der Waals surface area (Å²) in [5.74, 6) is -2.02. The largest absolute Gasteiger partial charge is 0.481 e. The van der Waals surface area contributed by atoms with E-state index in [0.717, 1.165) is 15.6 Å². The van der Waals surface area contributed by atoms with Gasteiger partial charge in [0.25, 0.3) is 0 Å². The van der Waals surface area contributed by atoms with E-state index in [-0.39, 0.29) is 5.91 Å². The van der Waals surface area contributed by atoms with Crippen molar-refractivity contribution in [2.45, 2.75) is 26.7 Å². The summed E-state index contributed by atoms with van der Waals surface area (Å²) in [5, 5.41) is 12.0. The van der Waals surface area contributed by atoms with Crippen molar-refractivity contribution in [3.05, 3.63) is 33.9 Å². The summed E-state index contributed by atoms with van der Waals surface area (Å²) >= 11 is 3.27. The molecule has 1 heterocycles. The second-order valence-electron chi connectivity index (χ2n) is 5.37. The third-order valence-electron chi connectivity index (χ3n) is 3.90. The summed E-state index contributed by atoms with van der Waals surface area (Å²) in [6, 6.07) is 3.45. The molecule has 0 unspecified atom stereocenters. The van der Waals surface area contributed by atoms with Crippen LogP contribution in [0.3, 0.4) is 0 Å². The molecule has 0 saturated carbocycles. The van der Waals surface area contributed by atoms with E-state index >= 15 is 0 Å². The van der Waals surface area contributed by atoms with Crippen LogP contribution in [0.2, 0.25) is 0 Å². The van der Waals surface area contributed by atoms with Gasteiger partial charge < -0.3 is 10.4 Å². The Hall–Kier alpha value is -1.69. The molecule has 0 fully saturated rings. The minimum Gasteiger partial charge on any atom is -0.481 e. The third-order valence-corrected chi connectivity index (χ3v) is 4.37. The topological polar surface area (TPSA) is 79.3 Å². The standard InChI is InChI=1S/C15H17BrN2O3/c1-8-5-11(12(15(20)21)6-9(8)2)14(19)18-13-4-3-10(16)7-17-13/h3-4,7,11-12H,5-6H2,1-2H3,(H,20,21)(H,17,18,19)/t11-,12-/m0/s1. The number of carboxylic acids is 1.